The maximum absolute atomic E-state index is 6.31. The van der Waals surface area contributed by atoms with Crippen molar-refractivity contribution in [1.82, 2.24) is 4.68 Å². The predicted octanol–water partition coefficient (Wildman–Crippen LogP) is 4.58. The molecule has 2 aromatic rings. The van der Waals surface area contributed by atoms with E-state index in [1.54, 1.807) is 0 Å². The normalized spacial score (nSPS) is 16.6. The first-order chi connectivity index (χ1) is 8.68. The monoisotopic (exact) mass is 280 g/mol. The zero-order valence-electron chi connectivity index (χ0n) is 10.00. The van der Waals surface area contributed by atoms with Crippen LogP contribution in [-0.2, 0) is 0 Å². The molecule has 94 valence electrons. The van der Waals surface area contributed by atoms with Gasteiger partial charge in [0, 0.05) is 23.8 Å². The summed E-state index contributed by atoms with van der Waals surface area (Å²) in [4.78, 5) is 0. The Morgan fingerprint density at radius 1 is 1.06 bits per heavy atom. The molecule has 1 aliphatic heterocycles. The molecule has 0 atom stereocenters. The molecule has 1 saturated heterocycles. The third-order valence-electron chi connectivity index (χ3n) is 3.44. The molecule has 1 aromatic heterocycles. The highest BCUT2D eigenvalue weighted by Crippen LogP contribution is 2.32. The number of halogens is 2. The highest BCUT2D eigenvalue weighted by atomic mass is 35.5. The van der Waals surface area contributed by atoms with E-state index < -0.39 is 0 Å². The number of rotatable bonds is 1. The number of benzene rings is 1. The molecule has 0 radical (unpaired) electrons. The Balaban J connectivity index is 2.17. The quantitative estimate of drug-likeness (QED) is 0.742. The molecule has 2 heterocycles. The summed E-state index contributed by atoms with van der Waals surface area (Å²) in [7, 11) is 0. The fourth-order valence-corrected chi connectivity index (χ4v) is 2.97. The topological polar surface area (TPSA) is 8.17 Å². The van der Waals surface area contributed by atoms with E-state index in [0.717, 1.165) is 39.6 Å². The van der Waals surface area contributed by atoms with Crippen LogP contribution >= 0.6 is 23.2 Å². The molecule has 2 nitrogen and oxygen atoms in total. The van der Waals surface area contributed by atoms with Crippen LogP contribution in [0.1, 0.15) is 19.3 Å². The maximum Gasteiger partial charge on any atom is 0.0899 e. The van der Waals surface area contributed by atoms with Crippen molar-refractivity contribution in [2.75, 3.05) is 11.6 Å². The van der Waals surface area contributed by atoms with Gasteiger partial charge in [0.2, 0.25) is 0 Å². The fourth-order valence-electron chi connectivity index (χ4n) is 2.51. The van der Waals surface area contributed by atoms with Crippen LogP contribution in [0.25, 0.3) is 10.9 Å². The Kier molecular flexibility index (Phi) is 3.00. The van der Waals surface area contributed by atoms with Gasteiger partial charge in [-0.25, -0.2) is 0 Å². The van der Waals surface area contributed by atoms with Crippen LogP contribution in [0, 0.1) is 0 Å². The van der Waals surface area contributed by atoms with Crippen LogP contribution < -0.4 is 5.01 Å². The minimum Gasteiger partial charge on any atom is -0.286 e. The molecule has 18 heavy (non-hydrogen) atoms. The Labute approximate surface area is 116 Å². The van der Waals surface area contributed by atoms with Crippen LogP contribution in [-0.4, -0.2) is 11.2 Å². The van der Waals surface area contributed by atoms with Gasteiger partial charge in [0.15, 0.2) is 0 Å². The van der Waals surface area contributed by atoms with E-state index in [-0.39, 0.29) is 0 Å². The SMILES string of the molecule is C=C1CCCCN1n1ccc2c(Cl)ccc(Cl)c21. The first-order valence-corrected chi connectivity index (χ1v) is 6.85. The van der Waals surface area contributed by atoms with Crippen molar-refractivity contribution in [3.63, 3.8) is 0 Å². The van der Waals surface area contributed by atoms with Gasteiger partial charge < -0.3 is 0 Å². The Morgan fingerprint density at radius 2 is 1.83 bits per heavy atom. The Bertz CT molecular complexity index is 616. The standard InChI is InChI=1S/C14H14Cl2N2/c1-10-4-2-3-8-17(10)18-9-7-11-12(15)5-6-13(16)14(11)18/h5-7,9H,1-4,8H2. The van der Waals surface area contributed by atoms with Crippen molar-refractivity contribution in [2.24, 2.45) is 0 Å². The van der Waals surface area contributed by atoms with Crippen molar-refractivity contribution >= 4 is 34.1 Å². The molecular weight excluding hydrogens is 267 g/mol. The molecule has 0 bridgehead atoms. The summed E-state index contributed by atoms with van der Waals surface area (Å²) in [6, 6.07) is 5.68. The second-order valence-corrected chi connectivity index (χ2v) is 5.41. The summed E-state index contributed by atoms with van der Waals surface area (Å²) >= 11 is 12.5. The van der Waals surface area contributed by atoms with Gasteiger partial charge in [-0.3, -0.25) is 9.69 Å². The van der Waals surface area contributed by atoms with Crippen LogP contribution in [0.4, 0.5) is 0 Å². The number of piperidine rings is 1. The lowest BCUT2D eigenvalue weighted by Gasteiger charge is -2.32. The third kappa shape index (κ3) is 1.80. The summed E-state index contributed by atoms with van der Waals surface area (Å²) in [5, 5.41) is 4.63. The first kappa shape index (κ1) is 11.9. The predicted molar refractivity (Wildman–Crippen MR) is 78.0 cm³/mol. The number of fused-ring (bicyclic) bond motifs is 1. The zero-order chi connectivity index (χ0) is 12.7. The average Bonchev–Trinajstić information content (AvgIpc) is 2.80. The molecule has 1 fully saturated rings. The molecule has 0 saturated carbocycles. The van der Waals surface area contributed by atoms with E-state index in [1.165, 1.54) is 12.8 Å². The minimum atomic E-state index is 0.720. The van der Waals surface area contributed by atoms with Gasteiger partial charge in [-0.15, -0.1) is 0 Å². The van der Waals surface area contributed by atoms with E-state index in [9.17, 15) is 0 Å². The van der Waals surface area contributed by atoms with Crippen LogP contribution in [0.15, 0.2) is 36.7 Å². The molecule has 0 unspecified atom stereocenters. The van der Waals surface area contributed by atoms with E-state index in [0.29, 0.717) is 0 Å². The molecule has 0 amide bonds. The molecule has 4 heteroatoms. The molecular formula is C14H14Cl2N2. The van der Waals surface area contributed by atoms with Crippen molar-refractivity contribution < 1.29 is 0 Å². The lowest BCUT2D eigenvalue weighted by atomic mass is 10.1. The van der Waals surface area contributed by atoms with Crippen molar-refractivity contribution in [3.05, 3.63) is 46.7 Å². The number of hydrogen-bond acceptors (Lipinski definition) is 1. The molecule has 0 spiro atoms. The van der Waals surface area contributed by atoms with E-state index >= 15 is 0 Å². The largest absolute Gasteiger partial charge is 0.286 e. The highest BCUT2D eigenvalue weighted by Gasteiger charge is 2.18. The molecule has 1 aromatic carbocycles. The summed E-state index contributed by atoms with van der Waals surface area (Å²) in [5.41, 5.74) is 2.10. The summed E-state index contributed by atoms with van der Waals surface area (Å²) in [6.07, 6.45) is 5.44. The second kappa shape index (κ2) is 4.52. The first-order valence-electron chi connectivity index (χ1n) is 6.09. The lowest BCUT2D eigenvalue weighted by molar-refractivity contribution is 0.548. The molecule has 3 rings (SSSR count). The van der Waals surface area contributed by atoms with Crippen LogP contribution in [0.2, 0.25) is 10.0 Å². The van der Waals surface area contributed by atoms with Crippen molar-refractivity contribution in [1.29, 1.82) is 0 Å². The van der Waals surface area contributed by atoms with E-state index in [2.05, 4.69) is 16.3 Å². The zero-order valence-corrected chi connectivity index (χ0v) is 11.5. The smallest absolute Gasteiger partial charge is 0.0899 e. The molecule has 1 aliphatic rings. The number of nitrogens with zero attached hydrogens (tertiary/aromatic N) is 2. The fraction of sp³-hybridized carbons (Fsp3) is 0.286. The van der Waals surface area contributed by atoms with Gasteiger partial charge in [-0.1, -0.05) is 29.8 Å². The van der Waals surface area contributed by atoms with Gasteiger partial charge >= 0.3 is 0 Å². The number of aromatic nitrogens is 1. The summed E-state index contributed by atoms with van der Waals surface area (Å²) in [5.74, 6) is 0. The van der Waals surface area contributed by atoms with Crippen molar-refractivity contribution in [3.8, 4) is 0 Å². The van der Waals surface area contributed by atoms with E-state index in [4.69, 9.17) is 23.2 Å². The van der Waals surface area contributed by atoms with Gasteiger partial charge in [0.25, 0.3) is 0 Å². The van der Waals surface area contributed by atoms with Gasteiger partial charge in [0.05, 0.1) is 15.6 Å². The van der Waals surface area contributed by atoms with Crippen LogP contribution in [0.5, 0.6) is 0 Å². The Morgan fingerprint density at radius 3 is 2.61 bits per heavy atom. The molecule has 0 N–H and O–H groups in total. The lowest BCUT2D eigenvalue weighted by Crippen LogP contribution is -2.36. The third-order valence-corrected chi connectivity index (χ3v) is 4.07. The number of hydrogen-bond donors (Lipinski definition) is 0. The summed E-state index contributed by atoms with van der Waals surface area (Å²) < 4.78 is 2.07. The van der Waals surface area contributed by atoms with Crippen molar-refractivity contribution in [2.45, 2.75) is 19.3 Å². The van der Waals surface area contributed by atoms with Gasteiger partial charge in [0.1, 0.15) is 0 Å². The average molecular weight is 281 g/mol. The summed E-state index contributed by atoms with van der Waals surface area (Å²) in [6.45, 7) is 5.12. The van der Waals surface area contributed by atoms with Crippen LogP contribution in [0.3, 0.4) is 0 Å². The minimum absolute atomic E-state index is 0.720. The van der Waals surface area contributed by atoms with Gasteiger partial charge in [-0.05, 0) is 37.5 Å². The highest BCUT2D eigenvalue weighted by molar-refractivity contribution is 6.40. The maximum atomic E-state index is 6.31. The number of allylic oxidation sites excluding steroid dienone is 1. The van der Waals surface area contributed by atoms with E-state index in [1.807, 2.05) is 24.4 Å². The van der Waals surface area contributed by atoms with Gasteiger partial charge in [-0.2, -0.15) is 0 Å². The second-order valence-electron chi connectivity index (χ2n) is 4.60. The molecule has 0 aliphatic carbocycles. The Hall–Kier alpha value is -1.12.